The van der Waals surface area contributed by atoms with Crippen molar-refractivity contribution in [2.75, 3.05) is 0 Å². The van der Waals surface area contributed by atoms with E-state index in [0.717, 1.165) is 0 Å². The van der Waals surface area contributed by atoms with E-state index in [1.165, 1.54) is 37.3 Å². The highest BCUT2D eigenvalue weighted by atomic mass is 16.6. The van der Waals surface area contributed by atoms with Gasteiger partial charge in [-0.05, 0) is 6.92 Å². The fourth-order valence-corrected chi connectivity index (χ4v) is 1.90. The molecule has 0 aromatic heterocycles. The molecule has 0 heterocycles. The second-order valence-corrected chi connectivity index (χ2v) is 4.24. The molecule has 0 atom stereocenters. The summed E-state index contributed by atoms with van der Waals surface area (Å²) in [6.45, 7) is 1.37. The van der Waals surface area contributed by atoms with Gasteiger partial charge in [0, 0.05) is 28.8 Å². The van der Waals surface area contributed by atoms with Gasteiger partial charge in [-0.3, -0.25) is 19.7 Å². The van der Waals surface area contributed by atoms with E-state index in [4.69, 9.17) is 0 Å². The zero-order valence-electron chi connectivity index (χ0n) is 10.7. The van der Waals surface area contributed by atoms with Gasteiger partial charge in [0.15, 0.2) is 11.6 Å². The van der Waals surface area contributed by atoms with E-state index >= 15 is 0 Å². The van der Waals surface area contributed by atoms with Crippen LogP contribution in [0.4, 0.5) is 5.69 Å². The SMILES string of the molecule is CC(=O)c1ccccc1C(=O)c1cccc([N+](=O)[O-])c1. The van der Waals surface area contributed by atoms with E-state index < -0.39 is 10.7 Å². The van der Waals surface area contributed by atoms with E-state index in [-0.39, 0.29) is 22.6 Å². The highest BCUT2D eigenvalue weighted by Gasteiger charge is 2.17. The Morgan fingerprint density at radius 2 is 1.65 bits per heavy atom. The van der Waals surface area contributed by atoms with Crippen LogP contribution in [0.3, 0.4) is 0 Å². The summed E-state index contributed by atoms with van der Waals surface area (Å²) in [5.41, 5.74) is 0.591. The van der Waals surface area contributed by atoms with Gasteiger partial charge in [-0.1, -0.05) is 36.4 Å². The molecule has 100 valence electrons. The molecule has 0 aliphatic rings. The maximum Gasteiger partial charge on any atom is 0.270 e. The van der Waals surface area contributed by atoms with Crippen LogP contribution < -0.4 is 0 Å². The number of hydrogen-bond donors (Lipinski definition) is 0. The van der Waals surface area contributed by atoms with Crippen molar-refractivity contribution in [2.24, 2.45) is 0 Å². The molecule has 0 spiro atoms. The molecular formula is C15H11NO4. The molecule has 20 heavy (non-hydrogen) atoms. The monoisotopic (exact) mass is 269 g/mol. The van der Waals surface area contributed by atoms with Crippen LogP contribution >= 0.6 is 0 Å². The fraction of sp³-hybridized carbons (Fsp3) is 0.0667. The average molecular weight is 269 g/mol. The first-order valence-electron chi connectivity index (χ1n) is 5.90. The lowest BCUT2D eigenvalue weighted by molar-refractivity contribution is -0.384. The van der Waals surface area contributed by atoms with Crippen molar-refractivity contribution in [2.45, 2.75) is 6.92 Å². The van der Waals surface area contributed by atoms with Crippen molar-refractivity contribution >= 4 is 17.3 Å². The molecule has 0 bridgehead atoms. The minimum atomic E-state index is -0.562. The lowest BCUT2D eigenvalue weighted by atomic mass is 9.96. The highest BCUT2D eigenvalue weighted by Crippen LogP contribution is 2.19. The zero-order chi connectivity index (χ0) is 14.7. The van der Waals surface area contributed by atoms with Crippen molar-refractivity contribution in [1.29, 1.82) is 0 Å². The number of benzene rings is 2. The van der Waals surface area contributed by atoms with Crippen molar-refractivity contribution in [3.05, 3.63) is 75.3 Å². The molecule has 0 fully saturated rings. The average Bonchev–Trinajstić information content (AvgIpc) is 2.46. The quantitative estimate of drug-likeness (QED) is 0.485. The van der Waals surface area contributed by atoms with E-state index in [1.54, 1.807) is 18.2 Å². The van der Waals surface area contributed by atoms with Gasteiger partial charge in [0.25, 0.3) is 5.69 Å². The number of nitro benzene ring substituents is 1. The van der Waals surface area contributed by atoms with E-state index in [2.05, 4.69) is 0 Å². The Bertz CT molecular complexity index is 707. The van der Waals surface area contributed by atoms with Crippen molar-refractivity contribution in [1.82, 2.24) is 0 Å². The van der Waals surface area contributed by atoms with Crippen molar-refractivity contribution in [3.63, 3.8) is 0 Å². The highest BCUT2D eigenvalue weighted by molar-refractivity contribution is 6.15. The van der Waals surface area contributed by atoms with Gasteiger partial charge in [0.05, 0.1) is 4.92 Å². The maximum atomic E-state index is 12.4. The molecule has 0 aliphatic carbocycles. The molecule has 0 aliphatic heterocycles. The lowest BCUT2D eigenvalue weighted by Crippen LogP contribution is -2.08. The van der Waals surface area contributed by atoms with Crippen molar-refractivity contribution < 1.29 is 14.5 Å². The van der Waals surface area contributed by atoms with Gasteiger partial charge in [-0.2, -0.15) is 0 Å². The normalized spacial score (nSPS) is 10.1. The van der Waals surface area contributed by atoms with E-state index in [9.17, 15) is 19.7 Å². The van der Waals surface area contributed by atoms with Crippen LogP contribution in [0.1, 0.15) is 33.2 Å². The lowest BCUT2D eigenvalue weighted by Gasteiger charge is -2.05. The van der Waals surface area contributed by atoms with E-state index in [0.29, 0.717) is 5.56 Å². The minimum Gasteiger partial charge on any atom is -0.294 e. The summed E-state index contributed by atoms with van der Waals surface area (Å²) in [6, 6.07) is 11.9. The van der Waals surface area contributed by atoms with Crippen LogP contribution in [-0.2, 0) is 0 Å². The number of ketones is 2. The molecule has 0 saturated heterocycles. The third kappa shape index (κ3) is 2.61. The number of hydrogen-bond acceptors (Lipinski definition) is 4. The predicted molar refractivity (Wildman–Crippen MR) is 73.0 cm³/mol. The molecule has 2 aromatic carbocycles. The molecule has 0 N–H and O–H groups in total. The maximum absolute atomic E-state index is 12.4. The van der Waals surface area contributed by atoms with Gasteiger partial charge in [0.2, 0.25) is 0 Å². The predicted octanol–water partition coefficient (Wildman–Crippen LogP) is 3.03. The zero-order valence-corrected chi connectivity index (χ0v) is 10.7. The second kappa shape index (κ2) is 5.44. The van der Waals surface area contributed by atoms with Crippen LogP contribution in [-0.4, -0.2) is 16.5 Å². The third-order valence-electron chi connectivity index (χ3n) is 2.87. The molecule has 2 rings (SSSR count). The topological polar surface area (TPSA) is 77.3 Å². The first kappa shape index (κ1) is 13.6. The Balaban J connectivity index is 2.49. The van der Waals surface area contributed by atoms with Crippen LogP contribution in [0.2, 0.25) is 0 Å². The first-order valence-corrected chi connectivity index (χ1v) is 5.90. The molecule has 0 saturated carbocycles. The Labute approximate surface area is 115 Å². The van der Waals surface area contributed by atoms with Gasteiger partial charge in [-0.25, -0.2) is 0 Å². The Hall–Kier alpha value is -2.82. The van der Waals surface area contributed by atoms with Crippen molar-refractivity contribution in [3.8, 4) is 0 Å². The molecular weight excluding hydrogens is 258 g/mol. The van der Waals surface area contributed by atoms with E-state index in [1.807, 2.05) is 0 Å². The number of carbonyl (C=O) groups excluding carboxylic acids is 2. The molecule has 2 aromatic rings. The number of nitro groups is 1. The number of nitrogens with zero attached hydrogens (tertiary/aromatic N) is 1. The Morgan fingerprint density at radius 1 is 1.00 bits per heavy atom. The summed E-state index contributed by atoms with van der Waals surface area (Å²) in [4.78, 5) is 34.1. The number of non-ortho nitro benzene ring substituents is 1. The molecule has 5 nitrogen and oxygen atoms in total. The molecule has 5 heteroatoms. The Morgan fingerprint density at radius 3 is 2.25 bits per heavy atom. The van der Waals surface area contributed by atoms with Gasteiger partial charge in [-0.15, -0.1) is 0 Å². The van der Waals surface area contributed by atoms with Gasteiger partial charge >= 0.3 is 0 Å². The summed E-state index contributed by atoms with van der Waals surface area (Å²) in [6.07, 6.45) is 0. The van der Waals surface area contributed by atoms with Gasteiger partial charge in [0.1, 0.15) is 0 Å². The largest absolute Gasteiger partial charge is 0.294 e. The summed E-state index contributed by atoms with van der Waals surface area (Å²) in [7, 11) is 0. The smallest absolute Gasteiger partial charge is 0.270 e. The van der Waals surface area contributed by atoms with Crippen LogP contribution in [0.25, 0.3) is 0 Å². The minimum absolute atomic E-state index is 0.156. The standard InChI is InChI=1S/C15H11NO4/c1-10(17)13-7-2-3-8-14(13)15(18)11-5-4-6-12(9-11)16(19)20/h2-9H,1H3. The second-order valence-electron chi connectivity index (χ2n) is 4.24. The number of Topliss-reactive ketones (excluding diaryl/α,β-unsaturated/α-hetero) is 1. The first-order chi connectivity index (χ1) is 9.50. The number of rotatable bonds is 4. The Kier molecular flexibility index (Phi) is 3.70. The fourth-order valence-electron chi connectivity index (χ4n) is 1.90. The van der Waals surface area contributed by atoms with Gasteiger partial charge < -0.3 is 0 Å². The summed E-state index contributed by atoms with van der Waals surface area (Å²) in [5.74, 6) is -0.626. The summed E-state index contributed by atoms with van der Waals surface area (Å²) in [5, 5.41) is 10.7. The van der Waals surface area contributed by atoms with Crippen LogP contribution in [0.5, 0.6) is 0 Å². The molecule has 0 unspecified atom stereocenters. The summed E-state index contributed by atoms with van der Waals surface area (Å²) < 4.78 is 0. The molecule has 0 radical (unpaired) electrons. The summed E-state index contributed by atoms with van der Waals surface area (Å²) >= 11 is 0. The third-order valence-corrected chi connectivity index (χ3v) is 2.87. The molecule has 0 amide bonds. The van der Waals surface area contributed by atoms with Crippen LogP contribution in [0, 0.1) is 10.1 Å². The van der Waals surface area contributed by atoms with Crippen LogP contribution in [0.15, 0.2) is 48.5 Å². The number of carbonyl (C=O) groups is 2.